The highest BCUT2D eigenvalue weighted by atomic mass is 15.1. The fourth-order valence-electron chi connectivity index (χ4n) is 5.86. The predicted octanol–water partition coefficient (Wildman–Crippen LogP) is 11.8. The van der Waals surface area contributed by atoms with Gasteiger partial charge in [0.05, 0.1) is 0 Å². The van der Waals surface area contributed by atoms with Gasteiger partial charge in [-0.2, -0.15) is 0 Å². The molecule has 0 saturated carbocycles. The lowest BCUT2D eigenvalue weighted by Gasteiger charge is -2.20. The van der Waals surface area contributed by atoms with Gasteiger partial charge in [-0.15, -0.1) is 0 Å². The SMILES string of the molecule is CCCCCCCCCCCCCCCCCCCCCC[n+]1ccc(C=Cc2ccc(N(CC)CC)cc2)cc1. The Bertz CT molecular complexity index is 863. The molecule has 0 bridgehead atoms. The molecule has 2 nitrogen and oxygen atoms in total. The second kappa shape index (κ2) is 24.5. The van der Waals surface area contributed by atoms with Gasteiger partial charge < -0.3 is 4.90 Å². The van der Waals surface area contributed by atoms with Crippen LogP contribution in [-0.2, 0) is 6.54 Å². The van der Waals surface area contributed by atoms with Crippen LogP contribution in [0.2, 0.25) is 0 Å². The molecule has 0 atom stereocenters. The number of pyridine rings is 1. The number of benzene rings is 1. The van der Waals surface area contributed by atoms with Crippen molar-refractivity contribution in [3.8, 4) is 0 Å². The molecule has 2 aromatic rings. The quantitative estimate of drug-likeness (QED) is 0.0818. The van der Waals surface area contributed by atoms with Crippen molar-refractivity contribution in [1.82, 2.24) is 0 Å². The molecule has 0 amide bonds. The second-order valence-corrected chi connectivity index (χ2v) is 12.2. The van der Waals surface area contributed by atoms with E-state index in [1.54, 1.807) is 0 Å². The largest absolute Gasteiger partial charge is 0.372 e. The third kappa shape index (κ3) is 17.5. The highest BCUT2D eigenvalue weighted by Gasteiger charge is 2.02. The van der Waals surface area contributed by atoms with Crippen molar-refractivity contribution in [2.24, 2.45) is 0 Å². The molecule has 1 aromatic carbocycles. The van der Waals surface area contributed by atoms with E-state index < -0.39 is 0 Å². The summed E-state index contributed by atoms with van der Waals surface area (Å²) in [5, 5.41) is 0. The fraction of sp³-hybridized carbons (Fsp3) is 0.667. The summed E-state index contributed by atoms with van der Waals surface area (Å²) in [4.78, 5) is 2.38. The standard InChI is InChI=1S/C39H65N2/c1-4-7-8-9-10-11-12-13-14-15-16-17-18-19-20-21-22-23-24-25-34-40-35-32-38(33-36-40)27-26-37-28-30-39(31-29-37)41(5-2)6-3/h26-33,35-36H,4-25,34H2,1-3H3/q+1. The first-order chi connectivity index (χ1) is 20.3. The maximum atomic E-state index is 2.38. The van der Waals surface area contributed by atoms with Gasteiger partial charge in [0.1, 0.15) is 6.54 Å². The lowest BCUT2D eigenvalue weighted by molar-refractivity contribution is -0.697. The first kappa shape index (κ1) is 35.1. The van der Waals surface area contributed by atoms with Crippen LogP contribution in [0.15, 0.2) is 48.8 Å². The van der Waals surface area contributed by atoms with Gasteiger partial charge >= 0.3 is 0 Å². The number of rotatable bonds is 26. The van der Waals surface area contributed by atoms with E-state index in [0.717, 1.165) is 19.6 Å². The van der Waals surface area contributed by atoms with Gasteiger partial charge in [0.25, 0.3) is 0 Å². The fourth-order valence-corrected chi connectivity index (χ4v) is 5.86. The number of hydrogen-bond donors (Lipinski definition) is 0. The lowest BCUT2D eigenvalue weighted by atomic mass is 10.0. The molecule has 0 aliphatic carbocycles. The summed E-state index contributed by atoms with van der Waals surface area (Å²) in [5.74, 6) is 0. The highest BCUT2D eigenvalue weighted by Crippen LogP contribution is 2.17. The molecule has 0 fully saturated rings. The van der Waals surface area contributed by atoms with Gasteiger partial charge in [0.2, 0.25) is 0 Å². The van der Waals surface area contributed by atoms with Crippen LogP contribution in [0, 0.1) is 0 Å². The first-order valence-electron chi connectivity index (χ1n) is 17.8. The maximum Gasteiger partial charge on any atom is 0.169 e. The van der Waals surface area contributed by atoms with Crippen LogP contribution in [0.4, 0.5) is 5.69 Å². The van der Waals surface area contributed by atoms with E-state index in [-0.39, 0.29) is 0 Å². The van der Waals surface area contributed by atoms with Crippen LogP contribution < -0.4 is 9.47 Å². The second-order valence-electron chi connectivity index (χ2n) is 12.2. The van der Waals surface area contributed by atoms with Crippen molar-refractivity contribution in [1.29, 1.82) is 0 Å². The number of aromatic nitrogens is 1. The highest BCUT2D eigenvalue weighted by molar-refractivity contribution is 5.70. The average molecular weight is 562 g/mol. The zero-order chi connectivity index (χ0) is 29.2. The molecule has 0 unspecified atom stereocenters. The third-order valence-corrected chi connectivity index (χ3v) is 8.68. The van der Waals surface area contributed by atoms with Crippen LogP contribution in [0.3, 0.4) is 0 Å². The Morgan fingerprint density at radius 3 is 1.22 bits per heavy atom. The van der Waals surface area contributed by atoms with Crippen molar-refractivity contribution in [2.75, 3.05) is 18.0 Å². The zero-order valence-corrected chi connectivity index (χ0v) is 27.4. The van der Waals surface area contributed by atoms with E-state index in [9.17, 15) is 0 Å². The van der Waals surface area contributed by atoms with Crippen molar-refractivity contribution in [3.63, 3.8) is 0 Å². The summed E-state index contributed by atoms with van der Waals surface area (Å²) < 4.78 is 2.34. The van der Waals surface area contributed by atoms with E-state index in [1.807, 2.05) is 0 Å². The predicted molar refractivity (Wildman–Crippen MR) is 184 cm³/mol. The Labute approximate surface area is 255 Å². The topological polar surface area (TPSA) is 7.12 Å². The molecular weight excluding hydrogens is 496 g/mol. The van der Waals surface area contributed by atoms with Gasteiger partial charge in [0.15, 0.2) is 12.4 Å². The number of anilines is 1. The molecule has 2 heteroatoms. The van der Waals surface area contributed by atoms with E-state index in [0.29, 0.717) is 0 Å². The van der Waals surface area contributed by atoms with Gasteiger partial charge in [-0.3, -0.25) is 0 Å². The van der Waals surface area contributed by atoms with Crippen molar-refractivity contribution >= 4 is 17.8 Å². The lowest BCUT2D eigenvalue weighted by Crippen LogP contribution is -2.32. The molecule has 0 aliphatic heterocycles. The summed E-state index contributed by atoms with van der Waals surface area (Å²) in [5.41, 5.74) is 3.82. The maximum absolute atomic E-state index is 2.38. The van der Waals surface area contributed by atoms with Crippen molar-refractivity contribution < 1.29 is 4.57 Å². The van der Waals surface area contributed by atoms with Crippen molar-refractivity contribution in [3.05, 3.63) is 59.9 Å². The summed E-state index contributed by atoms with van der Waals surface area (Å²) >= 11 is 0. The number of nitrogens with zero attached hydrogens (tertiary/aromatic N) is 2. The van der Waals surface area contributed by atoms with Gasteiger partial charge in [-0.1, -0.05) is 147 Å². The molecule has 0 N–H and O–H groups in total. The first-order valence-corrected chi connectivity index (χ1v) is 17.8. The normalized spacial score (nSPS) is 11.5. The zero-order valence-electron chi connectivity index (χ0n) is 27.4. The smallest absolute Gasteiger partial charge is 0.169 e. The van der Waals surface area contributed by atoms with Crippen LogP contribution in [0.1, 0.15) is 160 Å². The van der Waals surface area contributed by atoms with Crippen LogP contribution in [0.5, 0.6) is 0 Å². The number of aryl methyl sites for hydroxylation is 1. The molecular formula is C39H65N2+. The molecule has 1 aromatic heterocycles. The molecule has 41 heavy (non-hydrogen) atoms. The third-order valence-electron chi connectivity index (χ3n) is 8.68. The van der Waals surface area contributed by atoms with Crippen LogP contribution in [-0.4, -0.2) is 13.1 Å². The Balaban J connectivity index is 1.40. The summed E-state index contributed by atoms with van der Waals surface area (Å²) in [6.45, 7) is 9.96. The average Bonchev–Trinajstić information content (AvgIpc) is 3.01. The summed E-state index contributed by atoms with van der Waals surface area (Å²) in [7, 11) is 0. The van der Waals surface area contributed by atoms with Gasteiger partial charge in [-0.25, -0.2) is 4.57 Å². The molecule has 2 rings (SSSR count). The minimum atomic E-state index is 1.05. The summed E-state index contributed by atoms with van der Waals surface area (Å²) in [6, 6.07) is 13.4. The van der Waals surface area contributed by atoms with Crippen molar-refractivity contribution in [2.45, 2.75) is 156 Å². The Morgan fingerprint density at radius 2 is 0.829 bits per heavy atom. The Kier molecular flexibility index (Phi) is 21.0. The molecule has 0 aliphatic rings. The Hall–Kier alpha value is -2.09. The molecule has 0 radical (unpaired) electrons. The van der Waals surface area contributed by atoms with Crippen LogP contribution in [0.25, 0.3) is 12.2 Å². The van der Waals surface area contributed by atoms with E-state index in [4.69, 9.17) is 0 Å². The monoisotopic (exact) mass is 562 g/mol. The molecule has 0 saturated heterocycles. The minimum Gasteiger partial charge on any atom is -0.372 e. The minimum absolute atomic E-state index is 1.05. The van der Waals surface area contributed by atoms with E-state index in [2.05, 4.69) is 91.2 Å². The molecule has 230 valence electrons. The van der Waals surface area contributed by atoms with Crippen LogP contribution >= 0.6 is 0 Å². The molecule has 1 heterocycles. The van der Waals surface area contributed by atoms with E-state index >= 15 is 0 Å². The van der Waals surface area contributed by atoms with E-state index in [1.165, 1.54) is 145 Å². The summed E-state index contributed by atoms with van der Waals surface area (Å²) in [6.07, 6.45) is 37.7. The number of unbranched alkanes of at least 4 members (excludes halogenated alkanes) is 19. The Morgan fingerprint density at radius 1 is 0.463 bits per heavy atom. The molecule has 0 spiro atoms. The number of hydrogen-bond acceptors (Lipinski definition) is 1. The van der Waals surface area contributed by atoms with Gasteiger partial charge in [-0.05, 0) is 43.5 Å². The van der Waals surface area contributed by atoms with Gasteiger partial charge in [0, 0.05) is 37.3 Å².